The first kappa shape index (κ1) is 9.58. The fourth-order valence-electron chi connectivity index (χ4n) is 1.54. The highest BCUT2D eigenvalue weighted by Gasteiger charge is 2.04. The van der Waals surface area contributed by atoms with Crippen LogP contribution in [0.4, 0.5) is 0 Å². The van der Waals surface area contributed by atoms with E-state index in [-0.39, 0.29) is 5.56 Å². The number of aryl methyl sites for hydroxylation is 2. The first-order valence-electron chi connectivity index (χ1n) is 4.66. The van der Waals surface area contributed by atoms with Crippen molar-refractivity contribution in [1.82, 2.24) is 14.5 Å². The maximum atomic E-state index is 11.8. The largest absolute Gasteiger partial charge is 0.269 e. The third-order valence-electron chi connectivity index (χ3n) is 2.12. The summed E-state index contributed by atoms with van der Waals surface area (Å²) < 4.78 is 1.54. The highest BCUT2D eigenvalue weighted by molar-refractivity contribution is 5.29. The Balaban J connectivity index is 2.69. The van der Waals surface area contributed by atoms with Gasteiger partial charge in [0.15, 0.2) is 0 Å². The van der Waals surface area contributed by atoms with Crippen molar-refractivity contribution in [1.29, 1.82) is 0 Å². The van der Waals surface area contributed by atoms with Crippen LogP contribution in [0, 0.1) is 13.8 Å². The summed E-state index contributed by atoms with van der Waals surface area (Å²) in [6.45, 7) is 3.61. The van der Waals surface area contributed by atoms with Gasteiger partial charge in [-0.2, -0.15) is 0 Å². The number of hydrogen-bond acceptors (Lipinski definition) is 3. The second-order valence-corrected chi connectivity index (χ2v) is 3.33. The Labute approximate surface area is 87.2 Å². The lowest BCUT2D eigenvalue weighted by molar-refractivity contribution is 0.849. The van der Waals surface area contributed by atoms with Crippen LogP contribution < -0.4 is 5.56 Å². The Morgan fingerprint density at radius 3 is 2.73 bits per heavy atom. The van der Waals surface area contributed by atoms with Gasteiger partial charge in [0.2, 0.25) is 0 Å². The summed E-state index contributed by atoms with van der Waals surface area (Å²) >= 11 is 0. The van der Waals surface area contributed by atoms with Crippen molar-refractivity contribution in [2.24, 2.45) is 0 Å². The van der Waals surface area contributed by atoms with E-state index in [1.54, 1.807) is 30.0 Å². The Kier molecular flexibility index (Phi) is 2.33. The van der Waals surface area contributed by atoms with Crippen LogP contribution >= 0.6 is 0 Å². The SMILES string of the molecule is Cc1cc(=O)n(-c2cccnc2)c(C)n1. The van der Waals surface area contributed by atoms with Crippen LogP contribution in [-0.4, -0.2) is 14.5 Å². The molecule has 0 aliphatic heterocycles. The Morgan fingerprint density at radius 1 is 1.33 bits per heavy atom. The highest BCUT2D eigenvalue weighted by Crippen LogP contribution is 2.04. The van der Waals surface area contributed by atoms with Crippen LogP contribution in [0.2, 0.25) is 0 Å². The molecule has 0 atom stereocenters. The average molecular weight is 201 g/mol. The van der Waals surface area contributed by atoms with E-state index in [4.69, 9.17) is 0 Å². The Bertz CT molecular complexity index is 531. The lowest BCUT2D eigenvalue weighted by Crippen LogP contribution is -2.21. The van der Waals surface area contributed by atoms with E-state index in [1.165, 1.54) is 6.07 Å². The quantitative estimate of drug-likeness (QED) is 0.697. The molecule has 0 radical (unpaired) electrons. The molecule has 0 aliphatic carbocycles. The van der Waals surface area contributed by atoms with Gasteiger partial charge in [0.25, 0.3) is 5.56 Å². The van der Waals surface area contributed by atoms with Crippen molar-refractivity contribution in [2.45, 2.75) is 13.8 Å². The van der Waals surface area contributed by atoms with Crippen molar-refractivity contribution in [3.8, 4) is 5.69 Å². The Hall–Kier alpha value is -1.97. The molecule has 4 heteroatoms. The highest BCUT2D eigenvalue weighted by atomic mass is 16.1. The summed E-state index contributed by atoms with van der Waals surface area (Å²) in [6, 6.07) is 5.14. The molecule has 2 aromatic rings. The average Bonchev–Trinajstić information content (AvgIpc) is 2.17. The monoisotopic (exact) mass is 201 g/mol. The molecule has 0 saturated carbocycles. The summed E-state index contributed by atoms with van der Waals surface area (Å²) in [6.07, 6.45) is 3.32. The van der Waals surface area contributed by atoms with Gasteiger partial charge in [-0.3, -0.25) is 14.3 Å². The molecule has 0 saturated heterocycles. The van der Waals surface area contributed by atoms with Gasteiger partial charge < -0.3 is 0 Å². The fraction of sp³-hybridized carbons (Fsp3) is 0.182. The predicted octanol–water partition coefficient (Wildman–Crippen LogP) is 1.24. The minimum Gasteiger partial charge on any atom is -0.269 e. The molecule has 0 bridgehead atoms. The van der Waals surface area contributed by atoms with E-state index >= 15 is 0 Å². The fourth-order valence-corrected chi connectivity index (χ4v) is 1.54. The molecular formula is C11H11N3O. The molecular weight excluding hydrogens is 190 g/mol. The molecule has 15 heavy (non-hydrogen) atoms. The van der Waals surface area contributed by atoms with Gasteiger partial charge in [-0.1, -0.05) is 0 Å². The molecule has 2 aromatic heterocycles. The summed E-state index contributed by atoms with van der Waals surface area (Å²) in [5.41, 5.74) is 1.40. The molecule has 4 nitrogen and oxygen atoms in total. The van der Waals surface area contributed by atoms with Crippen LogP contribution in [0.1, 0.15) is 11.5 Å². The summed E-state index contributed by atoms with van der Waals surface area (Å²) in [5.74, 6) is 0.674. The van der Waals surface area contributed by atoms with E-state index < -0.39 is 0 Å². The third kappa shape index (κ3) is 1.79. The van der Waals surface area contributed by atoms with Gasteiger partial charge in [-0.25, -0.2) is 4.98 Å². The van der Waals surface area contributed by atoms with Gasteiger partial charge in [0, 0.05) is 18.0 Å². The van der Waals surface area contributed by atoms with Crippen LogP contribution in [0.15, 0.2) is 35.4 Å². The van der Waals surface area contributed by atoms with Gasteiger partial charge in [-0.15, -0.1) is 0 Å². The Morgan fingerprint density at radius 2 is 2.13 bits per heavy atom. The molecule has 2 heterocycles. The summed E-state index contributed by atoms with van der Waals surface area (Å²) in [5, 5.41) is 0. The van der Waals surface area contributed by atoms with Crippen molar-refractivity contribution < 1.29 is 0 Å². The normalized spacial score (nSPS) is 10.3. The molecule has 0 fully saturated rings. The molecule has 76 valence electrons. The zero-order valence-electron chi connectivity index (χ0n) is 8.64. The zero-order valence-corrected chi connectivity index (χ0v) is 8.64. The van der Waals surface area contributed by atoms with E-state index in [0.29, 0.717) is 5.82 Å². The standard InChI is InChI=1S/C11H11N3O/c1-8-6-11(15)14(9(2)13-8)10-4-3-5-12-7-10/h3-7H,1-2H3. The first-order chi connectivity index (χ1) is 7.18. The maximum Gasteiger partial charge on any atom is 0.258 e. The van der Waals surface area contributed by atoms with Crippen LogP contribution in [0.25, 0.3) is 5.69 Å². The molecule has 0 aliphatic rings. The topological polar surface area (TPSA) is 47.8 Å². The molecule has 0 amide bonds. The van der Waals surface area contributed by atoms with Crippen LogP contribution in [0.5, 0.6) is 0 Å². The molecule has 0 N–H and O–H groups in total. The van der Waals surface area contributed by atoms with Crippen LogP contribution in [-0.2, 0) is 0 Å². The number of hydrogen-bond donors (Lipinski definition) is 0. The van der Waals surface area contributed by atoms with Gasteiger partial charge in [0.1, 0.15) is 5.82 Å². The number of pyridine rings is 1. The van der Waals surface area contributed by atoms with Crippen molar-refractivity contribution in [3.63, 3.8) is 0 Å². The summed E-state index contributed by atoms with van der Waals surface area (Å²) in [4.78, 5) is 20.0. The lowest BCUT2D eigenvalue weighted by Gasteiger charge is -2.08. The first-order valence-corrected chi connectivity index (χ1v) is 4.66. The van der Waals surface area contributed by atoms with Crippen molar-refractivity contribution in [2.75, 3.05) is 0 Å². The summed E-state index contributed by atoms with van der Waals surface area (Å²) in [7, 11) is 0. The zero-order chi connectivity index (χ0) is 10.8. The predicted molar refractivity (Wildman–Crippen MR) is 57.1 cm³/mol. The van der Waals surface area contributed by atoms with E-state index in [0.717, 1.165) is 11.4 Å². The maximum absolute atomic E-state index is 11.8. The van der Waals surface area contributed by atoms with Crippen LogP contribution in [0.3, 0.4) is 0 Å². The molecule has 0 aromatic carbocycles. The number of rotatable bonds is 1. The lowest BCUT2D eigenvalue weighted by atomic mass is 10.3. The van der Waals surface area contributed by atoms with Crippen molar-refractivity contribution >= 4 is 0 Å². The van der Waals surface area contributed by atoms with E-state index in [9.17, 15) is 4.79 Å². The van der Waals surface area contributed by atoms with Gasteiger partial charge >= 0.3 is 0 Å². The smallest absolute Gasteiger partial charge is 0.258 e. The van der Waals surface area contributed by atoms with E-state index in [2.05, 4.69) is 9.97 Å². The van der Waals surface area contributed by atoms with Gasteiger partial charge in [-0.05, 0) is 26.0 Å². The number of aromatic nitrogens is 3. The molecule has 0 spiro atoms. The van der Waals surface area contributed by atoms with Crippen molar-refractivity contribution in [3.05, 3.63) is 52.5 Å². The minimum absolute atomic E-state index is 0.0759. The third-order valence-corrected chi connectivity index (χ3v) is 2.12. The second kappa shape index (κ2) is 3.65. The second-order valence-electron chi connectivity index (χ2n) is 3.33. The number of nitrogens with zero attached hydrogens (tertiary/aromatic N) is 3. The minimum atomic E-state index is -0.0759. The molecule has 2 rings (SSSR count). The molecule has 0 unspecified atom stereocenters. The van der Waals surface area contributed by atoms with Gasteiger partial charge in [0.05, 0.1) is 11.9 Å². The van der Waals surface area contributed by atoms with E-state index in [1.807, 2.05) is 13.0 Å².